The fraction of sp³-hybridized carbons (Fsp3) is 0.0556. The van der Waals surface area contributed by atoms with Crippen molar-refractivity contribution < 1.29 is 13.6 Å². The lowest BCUT2D eigenvalue weighted by molar-refractivity contribution is 0.102. The average molecular weight is 373 g/mol. The molecule has 0 saturated heterocycles. The Balaban J connectivity index is 1.80. The number of thioether (sulfide) groups is 1. The number of halogens is 2. The van der Waals surface area contributed by atoms with Crippen molar-refractivity contribution in [3.05, 3.63) is 77.0 Å². The first-order valence-electron chi connectivity index (χ1n) is 7.52. The first kappa shape index (κ1) is 17.8. The minimum Gasteiger partial charge on any atom is -0.327 e. The largest absolute Gasteiger partial charge is 0.327 e. The molecule has 2 heterocycles. The van der Waals surface area contributed by atoms with Crippen LogP contribution in [-0.4, -0.2) is 21.6 Å². The van der Waals surface area contributed by atoms with Crippen LogP contribution in [0.3, 0.4) is 0 Å². The molecule has 0 unspecified atom stereocenters. The molecule has 3 rings (SSSR count). The maximum atomic E-state index is 12.3. The number of nitrogens with zero attached hydrogens (tertiary/aromatic N) is 1. The summed E-state index contributed by atoms with van der Waals surface area (Å²) in [6.07, 6.45) is 4.79. The van der Waals surface area contributed by atoms with E-state index < -0.39 is 17.2 Å². The molecule has 2 aromatic heterocycles. The van der Waals surface area contributed by atoms with E-state index in [1.807, 2.05) is 0 Å². The molecule has 0 bridgehead atoms. The second-order valence-electron chi connectivity index (χ2n) is 5.22. The molecule has 0 atom stereocenters. The van der Waals surface area contributed by atoms with E-state index in [9.17, 15) is 18.4 Å². The Morgan fingerprint density at radius 3 is 2.42 bits per heavy atom. The van der Waals surface area contributed by atoms with Gasteiger partial charge < -0.3 is 10.3 Å². The van der Waals surface area contributed by atoms with Gasteiger partial charge in [0.15, 0.2) is 0 Å². The summed E-state index contributed by atoms with van der Waals surface area (Å²) in [5.74, 6) is -3.03. The molecule has 1 amide bonds. The van der Waals surface area contributed by atoms with Crippen LogP contribution < -0.4 is 10.9 Å². The molecule has 0 saturated carbocycles. The van der Waals surface area contributed by atoms with Crippen LogP contribution in [0, 0.1) is 0 Å². The maximum Gasteiger partial charge on any atom is 0.288 e. The fourth-order valence-corrected chi connectivity index (χ4v) is 2.77. The predicted molar refractivity (Wildman–Crippen MR) is 96.5 cm³/mol. The molecule has 3 aromatic rings. The molecule has 0 aliphatic rings. The van der Waals surface area contributed by atoms with Crippen molar-refractivity contribution in [2.45, 2.75) is 10.7 Å². The van der Waals surface area contributed by atoms with Gasteiger partial charge in [-0.15, -0.1) is 0 Å². The van der Waals surface area contributed by atoms with Crippen molar-refractivity contribution in [1.82, 2.24) is 9.97 Å². The number of pyridine rings is 2. The highest BCUT2D eigenvalue weighted by Gasteiger charge is 2.11. The van der Waals surface area contributed by atoms with E-state index in [-0.39, 0.29) is 11.3 Å². The Morgan fingerprint density at radius 2 is 1.77 bits per heavy atom. The van der Waals surface area contributed by atoms with Gasteiger partial charge in [0, 0.05) is 34.6 Å². The molecule has 1 aromatic carbocycles. The van der Waals surface area contributed by atoms with Crippen LogP contribution in [0.25, 0.3) is 11.1 Å². The van der Waals surface area contributed by atoms with Gasteiger partial charge in [-0.05, 0) is 48.0 Å². The number of aromatic amines is 1. The SMILES string of the molecule is O=C(Nc1cc(-c2ccncc2)c[nH]c1=O)c1ccc(SC(F)F)cc1. The van der Waals surface area contributed by atoms with Crippen molar-refractivity contribution in [3.8, 4) is 11.1 Å². The van der Waals surface area contributed by atoms with Crippen LogP contribution in [0.4, 0.5) is 14.5 Å². The molecule has 0 aliphatic heterocycles. The van der Waals surface area contributed by atoms with Crippen molar-refractivity contribution in [3.63, 3.8) is 0 Å². The number of alkyl halides is 2. The predicted octanol–water partition coefficient (Wildman–Crippen LogP) is 4.00. The Labute approximate surface area is 151 Å². The monoisotopic (exact) mass is 373 g/mol. The third-order valence-electron chi connectivity index (χ3n) is 3.51. The lowest BCUT2D eigenvalue weighted by Crippen LogP contribution is -2.19. The summed E-state index contributed by atoms with van der Waals surface area (Å²) in [4.78, 5) is 31.2. The van der Waals surface area contributed by atoms with E-state index in [1.165, 1.54) is 24.3 Å². The number of hydrogen-bond donors (Lipinski definition) is 2. The van der Waals surface area contributed by atoms with Gasteiger partial charge in [-0.2, -0.15) is 8.78 Å². The normalized spacial score (nSPS) is 10.7. The highest BCUT2D eigenvalue weighted by atomic mass is 32.2. The smallest absolute Gasteiger partial charge is 0.288 e. The van der Waals surface area contributed by atoms with Gasteiger partial charge in [-0.1, -0.05) is 11.8 Å². The van der Waals surface area contributed by atoms with E-state index in [0.717, 1.165) is 5.56 Å². The molecule has 0 fully saturated rings. The van der Waals surface area contributed by atoms with Crippen LogP contribution in [0.2, 0.25) is 0 Å². The highest BCUT2D eigenvalue weighted by Crippen LogP contribution is 2.25. The topological polar surface area (TPSA) is 74.8 Å². The van der Waals surface area contributed by atoms with Crippen LogP contribution in [0.5, 0.6) is 0 Å². The Morgan fingerprint density at radius 1 is 1.08 bits per heavy atom. The van der Waals surface area contributed by atoms with E-state index in [2.05, 4.69) is 15.3 Å². The number of H-pyrrole nitrogens is 1. The number of carbonyl (C=O) groups is 1. The van der Waals surface area contributed by atoms with Crippen LogP contribution in [0.15, 0.2) is 70.7 Å². The summed E-state index contributed by atoms with van der Waals surface area (Å²) >= 11 is 0.400. The van der Waals surface area contributed by atoms with Crippen molar-refractivity contribution in [1.29, 1.82) is 0 Å². The number of hydrogen-bond acceptors (Lipinski definition) is 4. The van der Waals surface area contributed by atoms with Crippen LogP contribution >= 0.6 is 11.8 Å². The molecule has 0 radical (unpaired) electrons. The molecule has 0 aliphatic carbocycles. The fourth-order valence-electron chi connectivity index (χ4n) is 2.27. The summed E-state index contributed by atoms with van der Waals surface area (Å²) in [7, 11) is 0. The molecule has 0 spiro atoms. The number of benzene rings is 1. The second-order valence-corrected chi connectivity index (χ2v) is 6.29. The molecule has 8 heteroatoms. The summed E-state index contributed by atoms with van der Waals surface area (Å²) < 4.78 is 24.7. The number of amides is 1. The maximum absolute atomic E-state index is 12.3. The Hall–Kier alpha value is -3.00. The lowest BCUT2D eigenvalue weighted by atomic mass is 10.1. The van der Waals surface area contributed by atoms with E-state index in [4.69, 9.17) is 0 Å². The number of rotatable bonds is 5. The third kappa shape index (κ3) is 4.34. The van der Waals surface area contributed by atoms with E-state index in [1.54, 1.807) is 36.8 Å². The zero-order valence-corrected chi connectivity index (χ0v) is 14.1. The van der Waals surface area contributed by atoms with Crippen LogP contribution in [0.1, 0.15) is 10.4 Å². The van der Waals surface area contributed by atoms with Gasteiger partial charge in [0.1, 0.15) is 5.69 Å². The number of aromatic nitrogens is 2. The van der Waals surface area contributed by atoms with Crippen molar-refractivity contribution in [2.24, 2.45) is 0 Å². The Kier molecular flexibility index (Phi) is 5.43. The third-order valence-corrected chi connectivity index (χ3v) is 4.23. The highest BCUT2D eigenvalue weighted by molar-refractivity contribution is 7.99. The van der Waals surface area contributed by atoms with Gasteiger partial charge in [-0.25, -0.2) is 0 Å². The summed E-state index contributed by atoms with van der Waals surface area (Å²) in [6, 6.07) is 10.8. The minimum atomic E-state index is -2.52. The van der Waals surface area contributed by atoms with Crippen molar-refractivity contribution in [2.75, 3.05) is 5.32 Å². The average Bonchev–Trinajstić information content (AvgIpc) is 2.64. The molecular formula is C18H13F2N3O2S. The van der Waals surface area contributed by atoms with Gasteiger partial charge >= 0.3 is 0 Å². The van der Waals surface area contributed by atoms with Gasteiger partial charge in [-0.3, -0.25) is 14.6 Å². The minimum absolute atomic E-state index is 0.0929. The van der Waals surface area contributed by atoms with Gasteiger partial charge in [0.25, 0.3) is 17.2 Å². The molecular weight excluding hydrogens is 360 g/mol. The van der Waals surface area contributed by atoms with E-state index in [0.29, 0.717) is 22.2 Å². The first-order valence-corrected chi connectivity index (χ1v) is 8.40. The lowest BCUT2D eigenvalue weighted by Gasteiger charge is -2.08. The molecule has 2 N–H and O–H groups in total. The van der Waals surface area contributed by atoms with Crippen molar-refractivity contribution >= 4 is 23.4 Å². The number of anilines is 1. The molecule has 5 nitrogen and oxygen atoms in total. The summed E-state index contributed by atoms with van der Waals surface area (Å²) in [6.45, 7) is 0. The molecule has 132 valence electrons. The number of nitrogens with one attached hydrogen (secondary N) is 2. The Bertz CT molecular complexity index is 960. The standard InChI is InChI=1S/C18H13F2N3O2S/c19-18(20)26-14-3-1-12(2-4-14)16(24)23-15-9-13(10-22-17(15)25)11-5-7-21-8-6-11/h1-10,18H,(H,22,25)(H,23,24). The quantitative estimate of drug-likeness (QED) is 0.663. The van der Waals surface area contributed by atoms with Gasteiger partial charge in [0.05, 0.1) is 0 Å². The molecule has 26 heavy (non-hydrogen) atoms. The zero-order chi connectivity index (χ0) is 18.5. The van der Waals surface area contributed by atoms with E-state index >= 15 is 0 Å². The first-order chi connectivity index (χ1) is 12.5. The van der Waals surface area contributed by atoms with Gasteiger partial charge in [0.2, 0.25) is 0 Å². The van der Waals surface area contributed by atoms with Crippen LogP contribution in [-0.2, 0) is 0 Å². The summed E-state index contributed by atoms with van der Waals surface area (Å²) in [5, 5.41) is 2.54. The number of carbonyl (C=O) groups excluding carboxylic acids is 1. The summed E-state index contributed by atoms with van der Waals surface area (Å²) in [5.41, 5.74) is 1.46. The second kappa shape index (κ2) is 7.92. The zero-order valence-electron chi connectivity index (χ0n) is 13.3.